The first kappa shape index (κ1) is 13.5. The van der Waals surface area contributed by atoms with Gasteiger partial charge >= 0.3 is 0 Å². The summed E-state index contributed by atoms with van der Waals surface area (Å²) < 4.78 is 0. The van der Waals surface area contributed by atoms with Gasteiger partial charge in [-0.2, -0.15) is 0 Å². The molecule has 0 aliphatic heterocycles. The van der Waals surface area contributed by atoms with Gasteiger partial charge in [-0.3, -0.25) is 0 Å². The molecule has 1 N–H and O–H groups in total. The van der Waals surface area contributed by atoms with E-state index in [0.29, 0.717) is 6.04 Å². The Morgan fingerprint density at radius 1 is 1.21 bits per heavy atom. The van der Waals surface area contributed by atoms with E-state index in [0.717, 1.165) is 29.3 Å². The van der Waals surface area contributed by atoms with Crippen LogP contribution in [0.2, 0.25) is 5.02 Å². The van der Waals surface area contributed by atoms with Crippen molar-refractivity contribution < 1.29 is 0 Å². The Morgan fingerprint density at radius 3 is 2.53 bits per heavy atom. The second-order valence-electron chi connectivity index (χ2n) is 6.33. The van der Waals surface area contributed by atoms with Gasteiger partial charge in [0.1, 0.15) is 0 Å². The maximum atomic E-state index is 6.24. The molecule has 1 aromatic rings. The molecule has 0 heterocycles. The maximum absolute atomic E-state index is 6.24. The highest BCUT2D eigenvalue weighted by Crippen LogP contribution is 2.62. The van der Waals surface area contributed by atoms with Gasteiger partial charge in [0.2, 0.25) is 0 Å². The molecule has 0 spiro atoms. The third-order valence-electron chi connectivity index (χ3n) is 5.16. The third-order valence-corrected chi connectivity index (χ3v) is 5.57. The van der Waals surface area contributed by atoms with Crippen LogP contribution >= 0.6 is 11.6 Å². The van der Waals surface area contributed by atoms with Gasteiger partial charge in [-0.1, -0.05) is 31.0 Å². The molecule has 0 amide bonds. The van der Waals surface area contributed by atoms with Crippen LogP contribution in [0, 0.1) is 31.6 Å². The van der Waals surface area contributed by atoms with Gasteiger partial charge in [-0.15, -0.1) is 0 Å². The van der Waals surface area contributed by atoms with Crippen molar-refractivity contribution in [2.75, 3.05) is 6.54 Å². The molecule has 3 atom stereocenters. The molecule has 104 valence electrons. The minimum absolute atomic E-state index is 0.538. The number of hydrogen-bond donors (Lipinski definition) is 1. The quantitative estimate of drug-likeness (QED) is 0.844. The molecule has 3 unspecified atom stereocenters. The first-order valence-electron chi connectivity index (χ1n) is 7.63. The summed E-state index contributed by atoms with van der Waals surface area (Å²) >= 11 is 6.24. The summed E-state index contributed by atoms with van der Waals surface area (Å²) in [7, 11) is 0. The average Bonchev–Trinajstić information content (AvgIpc) is 2.82. The molecule has 0 bridgehead atoms. The number of aryl methyl sites for hydroxylation is 2. The average molecular weight is 278 g/mol. The Balaban J connectivity index is 1.90. The molecular formula is C17H24ClN. The summed E-state index contributed by atoms with van der Waals surface area (Å²) in [6, 6.07) is 4.98. The zero-order valence-corrected chi connectivity index (χ0v) is 12.9. The fourth-order valence-electron chi connectivity index (χ4n) is 4.18. The van der Waals surface area contributed by atoms with Crippen molar-refractivity contribution in [2.45, 2.75) is 46.1 Å². The lowest BCUT2D eigenvalue weighted by molar-refractivity contribution is 0.424. The van der Waals surface area contributed by atoms with Crippen molar-refractivity contribution in [3.63, 3.8) is 0 Å². The minimum atomic E-state index is 0.538. The zero-order chi connectivity index (χ0) is 13.6. The van der Waals surface area contributed by atoms with E-state index < -0.39 is 0 Å². The lowest BCUT2D eigenvalue weighted by Gasteiger charge is -2.23. The van der Waals surface area contributed by atoms with Gasteiger partial charge < -0.3 is 5.32 Å². The molecule has 1 nitrogen and oxygen atoms in total. The van der Waals surface area contributed by atoms with Crippen LogP contribution in [0.4, 0.5) is 0 Å². The summed E-state index contributed by atoms with van der Waals surface area (Å²) in [5.41, 5.74) is 4.02. The van der Waals surface area contributed by atoms with E-state index >= 15 is 0 Å². The lowest BCUT2D eigenvalue weighted by Crippen LogP contribution is -2.25. The molecule has 0 radical (unpaired) electrons. The molecule has 2 saturated carbocycles. The molecule has 2 fully saturated rings. The largest absolute Gasteiger partial charge is 0.310 e. The Hall–Kier alpha value is -0.530. The summed E-state index contributed by atoms with van der Waals surface area (Å²) in [6.07, 6.45) is 4.34. The third kappa shape index (κ3) is 2.32. The molecule has 2 heteroatoms. The van der Waals surface area contributed by atoms with Crippen molar-refractivity contribution in [3.8, 4) is 0 Å². The van der Waals surface area contributed by atoms with Crippen LogP contribution in [0.3, 0.4) is 0 Å². The van der Waals surface area contributed by atoms with E-state index in [1.807, 2.05) is 0 Å². The van der Waals surface area contributed by atoms with Crippen molar-refractivity contribution in [1.82, 2.24) is 5.32 Å². The molecule has 1 aromatic carbocycles. The predicted octanol–water partition coefficient (Wildman–Crippen LogP) is 4.65. The molecule has 19 heavy (non-hydrogen) atoms. The highest BCUT2D eigenvalue weighted by molar-refractivity contribution is 6.31. The van der Waals surface area contributed by atoms with Gasteiger partial charge in [0, 0.05) is 11.1 Å². The molecule has 0 aromatic heterocycles. The topological polar surface area (TPSA) is 12.0 Å². The van der Waals surface area contributed by atoms with Crippen LogP contribution in [-0.4, -0.2) is 6.54 Å². The number of benzene rings is 1. The van der Waals surface area contributed by atoms with E-state index in [2.05, 4.69) is 38.2 Å². The van der Waals surface area contributed by atoms with Crippen LogP contribution in [0.15, 0.2) is 12.1 Å². The summed E-state index contributed by atoms with van der Waals surface area (Å²) in [5.74, 6) is 2.84. The van der Waals surface area contributed by atoms with Crippen LogP contribution in [-0.2, 0) is 0 Å². The molecular weight excluding hydrogens is 254 g/mol. The molecule has 2 aliphatic rings. The number of hydrogen-bond acceptors (Lipinski definition) is 1. The predicted molar refractivity (Wildman–Crippen MR) is 81.7 cm³/mol. The van der Waals surface area contributed by atoms with Crippen molar-refractivity contribution >= 4 is 11.6 Å². The molecule has 2 aliphatic carbocycles. The standard InChI is InChI=1S/C17H24ClN/c1-4-19-17(16-12-6-5-7-13(12)16)14-8-11(3)15(18)9-10(14)2/h8-9,12-13,16-17,19H,4-7H2,1-3H3. The number of nitrogens with one attached hydrogen (secondary N) is 1. The van der Waals surface area contributed by atoms with Crippen LogP contribution in [0.25, 0.3) is 0 Å². The summed E-state index contributed by atoms with van der Waals surface area (Å²) in [5, 5.41) is 4.63. The zero-order valence-electron chi connectivity index (χ0n) is 12.2. The Labute approximate surface area is 121 Å². The van der Waals surface area contributed by atoms with Crippen LogP contribution < -0.4 is 5.32 Å². The SMILES string of the molecule is CCNC(c1cc(C)c(Cl)cc1C)C1C2CCCC21. The monoisotopic (exact) mass is 277 g/mol. The van der Waals surface area contributed by atoms with Crippen LogP contribution in [0.1, 0.15) is 48.9 Å². The van der Waals surface area contributed by atoms with Gasteiger partial charge in [0.05, 0.1) is 0 Å². The highest BCUT2D eigenvalue weighted by atomic mass is 35.5. The Morgan fingerprint density at radius 2 is 1.89 bits per heavy atom. The van der Waals surface area contributed by atoms with Crippen LogP contribution in [0.5, 0.6) is 0 Å². The summed E-state index contributed by atoms with van der Waals surface area (Å²) in [6.45, 7) is 7.57. The fourth-order valence-corrected chi connectivity index (χ4v) is 4.40. The van der Waals surface area contributed by atoms with E-state index in [-0.39, 0.29) is 0 Å². The van der Waals surface area contributed by atoms with E-state index in [9.17, 15) is 0 Å². The fraction of sp³-hybridized carbons (Fsp3) is 0.647. The minimum Gasteiger partial charge on any atom is -0.310 e. The maximum Gasteiger partial charge on any atom is 0.0438 e. The normalized spacial score (nSPS) is 30.2. The number of rotatable bonds is 4. The number of fused-ring (bicyclic) bond motifs is 1. The molecule has 3 rings (SSSR count). The van der Waals surface area contributed by atoms with Crippen molar-refractivity contribution in [2.24, 2.45) is 17.8 Å². The van der Waals surface area contributed by atoms with E-state index in [4.69, 9.17) is 11.6 Å². The van der Waals surface area contributed by atoms with Gasteiger partial charge in [-0.05, 0) is 73.7 Å². The van der Waals surface area contributed by atoms with E-state index in [1.54, 1.807) is 0 Å². The summed E-state index contributed by atoms with van der Waals surface area (Å²) in [4.78, 5) is 0. The smallest absolute Gasteiger partial charge is 0.0438 e. The van der Waals surface area contributed by atoms with Gasteiger partial charge in [0.15, 0.2) is 0 Å². The molecule has 0 saturated heterocycles. The Kier molecular flexibility index (Phi) is 3.61. The first-order valence-corrected chi connectivity index (χ1v) is 8.01. The van der Waals surface area contributed by atoms with E-state index in [1.165, 1.54) is 36.0 Å². The Bertz CT molecular complexity index is 472. The highest BCUT2D eigenvalue weighted by Gasteiger charge is 2.56. The van der Waals surface area contributed by atoms with Gasteiger partial charge in [0.25, 0.3) is 0 Å². The number of halogens is 1. The van der Waals surface area contributed by atoms with Crippen molar-refractivity contribution in [1.29, 1.82) is 0 Å². The second-order valence-corrected chi connectivity index (χ2v) is 6.74. The van der Waals surface area contributed by atoms with Crippen molar-refractivity contribution in [3.05, 3.63) is 33.8 Å². The second kappa shape index (κ2) is 5.10. The lowest BCUT2D eigenvalue weighted by atomic mass is 9.92. The van der Waals surface area contributed by atoms with Gasteiger partial charge in [-0.25, -0.2) is 0 Å². The first-order chi connectivity index (χ1) is 9.13.